The van der Waals surface area contributed by atoms with Crippen LogP contribution in [-0.2, 0) is 13.1 Å². The summed E-state index contributed by atoms with van der Waals surface area (Å²) in [5.41, 5.74) is 3.07. The van der Waals surface area contributed by atoms with Crippen molar-refractivity contribution < 1.29 is 5.11 Å². The van der Waals surface area contributed by atoms with Crippen molar-refractivity contribution in [3.05, 3.63) is 63.6 Å². The fourth-order valence-electron chi connectivity index (χ4n) is 1.85. The zero-order valence-electron chi connectivity index (χ0n) is 10.3. The van der Waals surface area contributed by atoms with Gasteiger partial charge >= 0.3 is 0 Å². The van der Waals surface area contributed by atoms with Crippen LogP contribution in [-0.4, -0.2) is 5.11 Å². The van der Waals surface area contributed by atoms with Crippen LogP contribution in [0, 0.1) is 6.92 Å². The lowest BCUT2D eigenvalue weighted by Crippen LogP contribution is -2.12. The van der Waals surface area contributed by atoms with Gasteiger partial charge in [0.25, 0.3) is 0 Å². The number of halogens is 1. The zero-order valence-corrected chi connectivity index (χ0v) is 11.9. The number of rotatable bonds is 4. The maximum absolute atomic E-state index is 9.89. The van der Waals surface area contributed by atoms with Crippen molar-refractivity contribution in [3.63, 3.8) is 0 Å². The SMILES string of the molecule is Cc1cccc(CNCc2cccc(Br)c2)c1O. The van der Waals surface area contributed by atoms with Crippen LogP contribution in [0.2, 0.25) is 0 Å². The molecule has 0 aliphatic heterocycles. The summed E-state index contributed by atoms with van der Waals surface area (Å²) in [6.07, 6.45) is 0. The molecule has 0 saturated carbocycles. The van der Waals surface area contributed by atoms with Gasteiger partial charge < -0.3 is 10.4 Å². The van der Waals surface area contributed by atoms with Crippen molar-refractivity contribution in [1.29, 1.82) is 0 Å². The highest BCUT2D eigenvalue weighted by Crippen LogP contribution is 2.21. The number of para-hydroxylation sites is 1. The molecule has 18 heavy (non-hydrogen) atoms. The Morgan fingerprint density at radius 1 is 1.11 bits per heavy atom. The predicted molar refractivity (Wildman–Crippen MR) is 77.5 cm³/mol. The van der Waals surface area contributed by atoms with E-state index in [2.05, 4.69) is 33.4 Å². The van der Waals surface area contributed by atoms with E-state index < -0.39 is 0 Å². The van der Waals surface area contributed by atoms with E-state index in [0.717, 1.165) is 22.1 Å². The molecule has 2 aromatic rings. The minimum absolute atomic E-state index is 0.388. The molecule has 0 unspecified atom stereocenters. The molecular formula is C15H16BrNO. The van der Waals surface area contributed by atoms with Crippen LogP contribution in [0.4, 0.5) is 0 Å². The zero-order chi connectivity index (χ0) is 13.0. The molecule has 2 aromatic carbocycles. The molecule has 2 rings (SSSR count). The van der Waals surface area contributed by atoms with Gasteiger partial charge in [0.1, 0.15) is 5.75 Å². The van der Waals surface area contributed by atoms with Crippen molar-refractivity contribution in [2.45, 2.75) is 20.0 Å². The highest BCUT2D eigenvalue weighted by atomic mass is 79.9. The van der Waals surface area contributed by atoms with Gasteiger partial charge in [0.05, 0.1) is 0 Å². The first-order valence-electron chi connectivity index (χ1n) is 5.89. The quantitative estimate of drug-likeness (QED) is 0.901. The number of aromatic hydroxyl groups is 1. The standard InChI is InChI=1S/C15H16BrNO/c1-11-4-2-6-13(15(11)18)10-17-9-12-5-3-7-14(16)8-12/h2-8,17-18H,9-10H2,1H3. The van der Waals surface area contributed by atoms with Crippen LogP contribution in [0.5, 0.6) is 5.75 Å². The van der Waals surface area contributed by atoms with Crippen molar-refractivity contribution in [3.8, 4) is 5.75 Å². The van der Waals surface area contributed by atoms with Gasteiger partial charge in [0, 0.05) is 23.1 Å². The molecule has 0 radical (unpaired) electrons. The average Bonchev–Trinajstić information content (AvgIpc) is 2.35. The van der Waals surface area contributed by atoms with Gasteiger partial charge in [-0.1, -0.05) is 46.3 Å². The molecule has 0 aliphatic rings. The summed E-state index contributed by atoms with van der Waals surface area (Å²) in [6.45, 7) is 3.36. The van der Waals surface area contributed by atoms with Gasteiger partial charge in [-0.25, -0.2) is 0 Å². The van der Waals surface area contributed by atoms with Crippen LogP contribution in [0.25, 0.3) is 0 Å². The third kappa shape index (κ3) is 3.34. The Morgan fingerprint density at radius 2 is 1.89 bits per heavy atom. The summed E-state index contributed by atoms with van der Waals surface area (Å²) in [4.78, 5) is 0. The Morgan fingerprint density at radius 3 is 2.67 bits per heavy atom. The predicted octanol–water partition coefficient (Wildman–Crippen LogP) is 3.75. The molecule has 0 amide bonds. The van der Waals surface area contributed by atoms with E-state index in [9.17, 15) is 5.11 Å². The van der Waals surface area contributed by atoms with Gasteiger partial charge in [-0.3, -0.25) is 0 Å². The van der Waals surface area contributed by atoms with Gasteiger partial charge in [-0.15, -0.1) is 0 Å². The molecule has 0 fully saturated rings. The molecule has 0 atom stereocenters. The highest BCUT2D eigenvalue weighted by molar-refractivity contribution is 9.10. The largest absolute Gasteiger partial charge is 0.507 e. The normalized spacial score (nSPS) is 10.6. The molecule has 0 aliphatic carbocycles. The molecular weight excluding hydrogens is 290 g/mol. The van der Waals surface area contributed by atoms with Crippen molar-refractivity contribution in [2.24, 2.45) is 0 Å². The molecule has 0 saturated heterocycles. The van der Waals surface area contributed by atoms with E-state index in [0.29, 0.717) is 12.3 Å². The number of hydrogen-bond acceptors (Lipinski definition) is 2. The molecule has 3 heteroatoms. The third-order valence-corrected chi connectivity index (χ3v) is 3.35. The van der Waals surface area contributed by atoms with E-state index in [1.807, 2.05) is 37.3 Å². The average molecular weight is 306 g/mol. The second-order valence-electron chi connectivity index (χ2n) is 4.32. The third-order valence-electron chi connectivity index (χ3n) is 2.85. The van der Waals surface area contributed by atoms with E-state index in [1.54, 1.807) is 0 Å². The van der Waals surface area contributed by atoms with Crippen molar-refractivity contribution >= 4 is 15.9 Å². The Labute approximate surface area is 116 Å². The number of benzene rings is 2. The molecule has 0 aromatic heterocycles. The van der Waals surface area contributed by atoms with Gasteiger partial charge in [0.15, 0.2) is 0 Å². The van der Waals surface area contributed by atoms with E-state index >= 15 is 0 Å². The van der Waals surface area contributed by atoms with Crippen LogP contribution in [0.3, 0.4) is 0 Å². The number of phenolic OH excluding ortho intramolecular Hbond substituents is 1. The van der Waals surface area contributed by atoms with Crippen molar-refractivity contribution in [2.75, 3.05) is 0 Å². The van der Waals surface area contributed by atoms with Gasteiger partial charge in [0.2, 0.25) is 0 Å². The Hall–Kier alpha value is -1.32. The number of phenols is 1. The van der Waals surface area contributed by atoms with Crippen LogP contribution >= 0.6 is 15.9 Å². The lowest BCUT2D eigenvalue weighted by molar-refractivity contribution is 0.460. The van der Waals surface area contributed by atoms with Gasteiger partial charge in [-0.05, 0) is 30.2 Å². The fourth-order valence-corrected chi connectivity index (χ4v) is 2.30. The van der Waals surface area contributed by atoms with Crippen LogP contribution < -0.4 is 5.32 Å². The van der Waals surface area contributed by atoms with E-state index in [-0.39, 0.29) is 0 Å². The second kappa shape index (κ2) is 6.03. The molecule has 0 spiro atoms. The topological polar surface area (TPSA) is 32.3 Å². The first-order chi connectivity index (χ1) is 8.66. The minimum atomic E-state index is 0.388. The van der Waals surface area contributed by atoms with Gasteiger partial charge in [-0.2, -0.15) is 0 Å². The molecule has 0 heterocycles. The second-order valence-corrected chi connectivity index (χ2v) is 5.23. The number of aryl methyl sites for hydroxylation is 1. The van der Waals surface area contributed by atoms with Crippen molar-refractivity contribution in [1.82, 2.24) is 5.32 Å². The number of hydrogen-bond donors (Lipinski definition) is 2. The summed E-state index contributed by atoms with van der Waals surface area (Å²) in [5.74, 6) is 0.388. The number of nitrogens with one attached hydrogen (secondary N) is 1. The summed E-state index contributed by atoms with van der Waals surface area (Å²) >= 11 is 3.45. The Bertz CT molecular complexity index is 540. The maximum atomic E-state index is 9.89. The fraction of sp³-hybridized carbons (Fsp3) is 0.200. The van der Waals surface area contributed by atoms with E-state index in [1.165, 1.54) is 5.56 Å². The Balaban J connectivity index is 1.94. The lowest BCUT2D eigenvalue weighted by Gasteiger charge is -2.09. The lowest BCUT2D eigenvalue weighted by atomic mass is 10.1. The van der Waals surface area contributed by atoms with Crippen LogP contribution in [0.1, 0.15) is 16.7 Å². The summed E-state index contributed by atoms with van der Waals surface area (Å²) in [7, 11) is 0. The minimum Gasteiger partial charge on any atom is -0.507 e. The molecule has 2 N–H and O–H groups in total. The first kappa shape index (κ1) is 13.1. The molecule has 0 bridgehead atoms. The summed E-state index contributed by atoms with van der Waals surface area (Å²) < 4.78 is 1.08. The molecule has 94 valence electrons. The highest BCUT2D eigenvalue weighted by Gasteiger charge is 2.02. The Kier molecular flexibility index (Phi) is 4.39. The monoisotopic (exact) mass is 305 g/mol. The summed E-state index contributed by atoms with van der Waals surface area (Å²) in [5, 5.41) is 13.2. The van der Waals surface area contributed by atoms with E-state index in [4.69, 9.17) is 0 Å². The molecule has 2 nitrogen and oxygen atoms in total. The first-order valence-corrected chi connectivity index (χ1v) is 6.69. The van der Waals surface area contributed by atoms with Crippen LogP contribution in [0.15, 0.2) is 46.9 Å². The smallest absolute Gasteiger partial charge is 0.122 e. The maximum Gasteiger partial charge on any atom is 0.122 e. The summed E-state index contributed by atoms with van der Waals surface area (Å²) in [6, 6.07) is 14.0.